The SMILES string of the molecule is Clc1cc2cn[se]c2cc1Cl. The summed E-state index contributed by atoms with van der Waals surface area (Å²) in [6.07, 6.45) is 1.84. The Balaban J connectivity index is 2.86. The minimum atomic E-state index is 0.212. The topological polar surface area (TPSA) is 12.9 Å². The molecule has 0 unspecified atom stereocenters. The van der Waals surface area contributed by atoms with Crippen LogP contribution in [0.25, 0.3) is 9.65 Å². The van der Waals surface area contributed by atoms with E-state index in [0.29, 0.717) is 10.0 Å². The number of halogens is 2. The zero-order valence-electron chi connectivity index (χ0n) is 5.34. The molecule has 1 aromatic heterocycles. The Labute approximate surface area is 79.9 Å². The maximum atomic E-state index is 5.81. The van der Waals surface area contributed by atoms with Crippen LogP contribution in [0.5, 0.6) is 0 Å². The first-order chi connectivity index (χ1) is 5.27. The van der Waals surface area contributed by atoms with Gasteiger partial charge in [0, 0.05) is 0 Å². The van der Waals surface area contributed by atoms with Gasteiger partial charge in [0.2, 0.25) is 0 Å². The summed E-state index contributed by atoms with van der Waals surface area (Å²) in [7, 11) is 0. The van der Waals surface area contributed by atoms with E-state index in [4.69, 9.17) is 23.2 Å². The molecular weight excluding hydrogens is 248 g/mol. The van der Waals surface area contributed by atoms with Crippen LogP contribution in [-0.4, -0.2) is 18.7 Å². The first-order valence-electron chi connectivity index (χ1n) is 2.97. The van der Waals surface area contributed by atoms with Crippen LogP contribution in [0.2, 0.25) is 10.0 Å². The van der Waals surface area contributed by atoms with Crippen molar-refractivity contribution in [3.05, 3.63) is 28.4 Å². The molecule has 0 radical (unpaired) electrons. The molecule has 0 aliphatic carbocycles. The summed E-state index contributed by atoms with van der Waals surface area (Å²) in [5, 5.41) is 2.34. The van der Waals surface area contributed by atoms with Crippen LogP contribution < -0.4 is 0 Å². The van der Waals surface area contributed by atoms with Crippen molar-refractivity contribution in [3.63, 3.8) is 0 Å². The third-order valence-electron chi connectivity index (χ3n) is 1.40. The molecule has 2 rings (SSSR count). The summed E-state index contributed by atoms with van der Waals surface area (Å²) >= 11 is 11.8. The zero-order valence-corrected chi connectivity index (χ0v) is 8.57. The molecule has 0 bridgehead atoms. The van der Waals surface area contributed by atoms with E-state index in [1.54, 1.807) is 0 Å². The zero-order chi connectivity index (χ0) is 7.84. The summed E-state index contributed by atoms with van der Waals surface area (Å²) in [5.74, 6) is 0. The average molecular weight is 251 g/mol. The van der Waals surface area contributed by atoms with Gasteiger partial charge in [0.25, 0.3) is 0 Å². The molecule has 0 atom stereocenters. The molecule has 0 aliphatic rings. The maximum absolute atomic E-state index is 5.81. The van der Waals surface area contributed by atoms with Crippen molar-refractivity contribution in [1.82, 2.24) is 3.98 Å². The van der Waals surface area contributed by atoms with Crippen LogP contribution in [-0.2, 0) is 0 Å². The van der Waals surface area contributed by atoms with Gasteiger partial charge >= 0.3 is 79.9 Å². The molecule has 4 heteroatoms. The quantitative estimate of drug-likeness (QED) is 0.656. The second-order valence-corrected chi connectivity index (χ2v) is 4.69. The van der Waals surface area contributed by atoms with Gasteiger partial charge in [-0.3, -0.25) is 0 Å². The molecule has 0 saturated carbocycles. The molecule has 0 saturated heterocycles. The van der Waals surface area contributed by atoms with Crippen molar-refractivity contribution in [2.24, 2.45) is 0 Å². The Kier molecular flexibility index (Phi) is 1.94. The number of hydrogen-bond donors (Lipinski definition) is 0. The van der Waals surface area contributed by atoms with Crippen molar-refractivity contribution in [3.8, 4) is 0 Å². The molecule has 1 nitrogen and oxygen atoms in total. The van der Waals surface area contributed by atoms with E-state index in [1.807, 2.05) is 18.3 Å². The van der Waals surface area contributed by atoms with E-state index >= 15 is 0 Å². The first-order valence-corrected chi connectivity index (χ1v) is 5.34. The van der Waals surface area contributed by atoms with Crippen molar-refractivity contribution < 1.29 is 0 Å². The standard InChI is InChI=1S/C7H3Cl2NSe/c8-5-1-4-3-10-11-7(4)2-6(5)9/h1-3H. The summed E-state index contributed by atoms with van der Waals surface area (Å²) < 4.78 is 5.37. The monoisotopic (exact) mass is 251 g/mol. The molecule has 56 valence electrons. The fourth-order valence-corrected chi connectivity index (χ4v) is 2.75. The van der Waals surface area contributed by atoms with E-state index < -0.39 is 0 Å². The normalized spacial score (nSPS) is 10.7. The Bertz CT molecular complexity index is 360. The molecule has 0 N–H and O–H groups in total. The van der Waals surface area contributed by atoms with Gasteiger partial charge in [-0.2, -0.15) is 0 Å². The fraction of sp³-hybridized carbons (Fsp3) is 0. The number of rotatable bonds is 0. The fourth-order valence-electron chi connectivity index (χ4n) is 0.864. The van der Waals surface area contributed by atoms with Crippen molar-refractivity contribution in [2.75, 3.05) is 0 Å². The van der Waals surface area contributed by atoms with Crippen LogP contribution in [0.4, 0.5) is 0 Å². The van der Waals surface area contributed by atoms with Crippen molar-refractivity contribution in [2.45, 2.75) is 0 Å². The molecule has 1 heterocycles. The predicted molar refractivity (Wildman–Crippen MR) is 48.7 cm³/mol. The van der Waals surface area contributed by atoms with Gasteiger partial charge in [0.1, 0.15) is 0 Å². The van der Waals surface area contributed by atoms with Crippen LogP contribution >= 0.6 is 23.2 Å². The summed E-state index contributed by atoms with van der Waals surface area (Å²) in [6, 6.07) is 3.75. The molecule has 0 fully saturated rings. The second kappa shape index (κ2) is 2.80. The number of benzene rings is 1. The molecule has 0 amide bonds. The summed E-state index contributed by atoms with van der Waals surface area (Å²) in [5.41, 5.74) is 0. The van der Waals surface area contributed by atoms with Crippen LogP contribution in [0.15, 0.2) is 18.3 Å². The van der Waals surface area contributed by atoms with Gasteiger partial charge in [-0.05, 0) is 0 Å². The third-order valence-corrected chi connectivity index (χ3v) is 3.71. The number of hydrogen-bond acceptors (Lipinski definition) is 1. The number of fused-ring (bicyclic) bond motifs is 1. The van der Waals surface area contributed by atoms with Crippen LogP contribution in [0, 0.1) is 0 Å². The van der Waals surface area contributed by atoms with Crippen LogP contribution in [0.3, 0.4) is 0 Å². The molecular formula is C7H3Cl2NSe. The first kappa shape index (κ1) is 7.63. The van der Waals surface area contributed by atoms with E-state index in [2.05, 4.69) is 3.98 Å². The molecule has 2 aromatic rings. The van der Waals surface area contributed by atoms with Crippen LogP contribution in [0.1, 0.15) is 0 Å². The molecule has 1 aromatic carbocycles. The average Bonchev–Trinajstić information content (AvgIpc) is 2.36. The van der Waals surface area contributed by atoms with Crippen molar-refractivity contribution in [1.29, 1.82) is 0 Å². The number of nitrogens with zero attached hydrogens (tertiary/aromatic N) is 1. The molecule has 0 spiro atoms. The Morgan fingerprint density at radius 2 is 1.91 bits per heavy atom. The van der Waals surface area contributed by atoms with E-state index in [9.17, 15) is 0 Å². The summed E-state index contributed by atoms with van der Waals surface area (Å²) in [6.45, 7) is 0. The van der Waals surface area contributed by atoms with Gasteiger partial charge in [0.15, 0.2) is 0 Å². The van der Waals surface area contributed by atoms with E-state index in [1.165, 1.54) is 4.26 Å². The van der Waals surface area contributed by atoms with Gasteiger partial charge in [-0.1, -0.05) is 0 Å². The van der Waals surface area contributed by atoms with Gasteiger partial charge in [-0.15, -0.1) is 0 Å². The van der Waals surface area contributed by atoms with E-state index in [0.717, 1.165) is 5.39 Å². The Morgan fingerprint density at radius 3 is 2.73 bits per heavy atom. The Hall–Kier alpha value is -0.0105. The van der Waals surface area contributed by atoms with E-state index in [-0.39, 0.29) is 14.7 Å². The Morgan fingerprint density at radius 1 is 1.18 bits per heavy atom. The van der Waals surface area contributed by atoms with Crippen molar-refractivity contribution >= 4 is 47.6 Å². The van der Waals surface area contributed by atoms with Gasteiger partial charge < -0.3 is 0 Å². The van der Waals surface area contributed by atoms with Gasteiger partial charge in [-0.25, -0.2) is 0 Å². The summed E-state index contributed by atoms with van der Waals surface area (Å²) in [4.78, 5) is 0. The van der Waals surface area contributed by atoms with Gasteiger partial charge in [0.05, 0.1) is 0 Å². The second-order valence-electron chi connectivity index (χ2n) is 2.13. The number of aromatic nitrogens is 1. The predicted octanol–water partition coefficient (Wildman–Crippen LogP) is 2.60. The third kappa shape index (κ3) is 1.32. The minimum absolute atomic E-state index is 0.212. The molecule has 11 heavy (non-hydrogen) atoms. The molecule has 0 aliphatic heterocycles.